The van der Waals surface area contributed by atoms with Gasteiger partial charge in [-0.25, -0.2) is 0 Å². The first kappa shape index (κ1) is 8.34. The summed E-state index contributed by atoms with van der Waals surface area (Å²) in [6.07, 6.45) is 4.72. The van der Waals surface area contributed by atoms with E-state index in [1.807, 2.05) is 26.3 Å². The molecule has 0 amide bonds. The molecule has 52 valence electrons. The fraction of sp³-hybridized carbons (Fsp3) is 0.714. The maximum Gasteiger partial charge on any atom is 0.0402 e. The predicted octanol–water partition coefficient (Wildman–Crippen LogP) is 1.56. The third-order valence-electron chi connectivity index (χ3n) is 0.940. The molecule has 0 heterocycles. The Labute approximate surface area is 56.7 Å². The van der Waals surface area contributed by atoms with Gasteiger partial charge in [0, 0.05) is 13.1 Å². The van der Waals surface area contributed by atoms with Gasteiger partial charge in [0.25, 0.3) is 0 Å². The zero-order chi connectivity index (χ0) is 6.95. The van der Waals surface area contributed by atoms with E-state index in [1.54, 1.807) is 0 Å². The van der Waals surface area contributed by atoms with E-state index in [-0.39, 0.29) is 0 Å². The van der Waals surface area contributed by atoms with Crippen LogP contribution in [-0.4, -0.2) is 25.5 Å². The van der Waals surface area contributed by atoms with E-state index in [0.29, 0.717) is 0 Å². The molecule has 0 saturated heterocycles. The second-order valence-corrected chi connectivity index (χ2v) is 1.68. The summed E-state index contributed by atoms with van der Waals surface area (Å²) in [5.41, 5.74) is 0. The minimum Gasteiger partial charge on any atom is -0.298 e. The van der Waals surface area contributed by atoms with Crippen LogP contribution < -0.4 is 0 Å². The molecule has 0 fully saturated rings. The zero-order valence-electron chi connectivity index (χ0n) is 6.17. The monoisotopic (exact) mass is 126 g/mol. The molecule has 0 radical (unpaired) electrons. The van der Waals surface area contributed by atoms with Crippen molar-refractivity contribution in [3.05, 3.63) is 0 Å². The number of rotatable bonds is 4. The number of nitrogens with zero attached hydrogens (tertiary/aromatic N) is 2. The lowest BCUT2D eigenvalue weighted by atomic mass is 10.4. The summed E-state index contributed by atoms with van der Waals surface area (Å²) in [5.74, 6) is 0. The van der Waals surface area contributed by atoms with Crippen LogP contribution in [0.3, 0.4) is 0 Å². The van der Waals surface area contributed by atoms with Crippen LogP contribution >= 0.6 is 0 Å². The summed E-state index contributed by atoms with van der Waals surface area (Å²) in [7, 11) is 0. The third-order valence-corrected chi connectivity index (χ3v) is 0.940. The van der Waals surface area contributed by atoms with E-state index in [2.05, 4.69) is 9.98 Å². The van der Waals surface area contributed by atoms with Crippen molar-refractivity contribution in [2.45, 2.75) is 20.3 Å². The van der Waals surface area contributed by atoms with E-state index < -0.39 is 0 Å². The summed E-state index contributed by atoms with van der Waals surface area (Å²) in [4.78, 5) is 8.09. The van der Waals surface area contributed by atoms with E-state index in [0.717, 1.165) is 19.5 Å². The van der Waals surface area contributed by atoms with Crippen LogP contribution in [0.1, 0.15) is 20.3 Å². The fourth-order valence-electron chi connectivity index (χ4n) is 0.511. The van der Waals surface area contributed by atoms with Gasteiger partial charge < -0.3 is 0 Å². The summed E-state index contributed by atoms with van der Waals surface area (Å²) in [6, 6.07) is 0. The first-order chi connectivity index (χ1) is 4.41. The van der Waals surface area contributed by atoms with Gasteiger partial charge in [0.05, 0.1) is 0 Å². The van der Waals surface area contributed by atoms with E-state index >= 15 is 0 Å². The minimum absolute atomic E-state index is 0.911. The molecule has 0 aliphatic rings. The zero-order valence-corrected chi connectivity index (χ0v) is 6.17. The molecule has 0 saturated carbocycles. The Morgan fingerprint density at radius 2 is 1.44 bits per heavy atom. The van der Waals surface area contributed by atoms with Crippen molar-refractivity contribution in [3.63, 3.8) is 0 Å². The van der Waals surface area contributed by atoms with Gasteiger partial charge in [0.2, 0.25) is 0 Å². The second-order valence-electron chi connectivity index (χ2n) is 1.68. The number of aliphatic imine (C=N–C) groups is 2. The van der Waals surface area contributed by atoms with E-state index in [4.69, 9.17) is 0 Å². The van der Waals surface area contributed by atoms with Gasteiger partial charge in [-0.3, -0.25) is 9.98 Å². The molecule has 0 N–H and O–H groups in total. The van der Waals surface area contributed by atoms with Crippen LogP contribution in [0.15, 0.2) is 9.98 Å². The van der Waals surface area contributed by atoms with Crippen molar-refractivity contribution in [1.82, 2.24) is 0 Å². The van der Waals surface area contributed by atoms with Gasteiger partial charge in [0.15, 0.2) is 0 Å². The van der Waals surface area contributed by atoms with Gasteiger partial charge in [0.1, 0.15) is 0 Å². The van der Waals surface area contributed by atoms with Crippen molar-refractivity contribution in [3.8, 4) is 0 Å². The molecule has 0 aromatic rings. The summed E-state index contributed by atoms with van der Waals surface area (Å²) in [5, 5.41) is 0. The number of hydrogen-bond donors (Lipinski definition) is 0. The molecule has 9 heavy (non-hydrogen) atoms. The summed E-state index contributed by atoms with van der Waals surface area (Å²) >= 11 is 0. The highest BCUT2D eigenvalue weighted by molar-refractivity contribution is 5.53. The number of hydrogen-bond acceptors (Lipinski definition) is 2. The molecule has 0 aliphatic heterocycles. The molecule has 0 aromatic carbocycles. The van der Waals surface area contributed by atoms with Crippen molar-refractivity contribution in [2.75, 3.05) is 13.1 Å². The lowest BCUT2D eigenvalue weighted by molar-refractivity contribution is 0.850. The van der Waals surface area contributed by atoms with Crippen molar-refractivity contribution in [2.24, 2.45) is 9.98 Å². The van der Waals surface area contributed by atoms with Crippen molar-refractivity contribution in [1.29, 1.82) is 0 Å². The Hall–Kier alpha value is -0.660. The lowest BCUT2D eigenvalue weighted by Crippen LogP contribution is -1.85. The molecule has 0 atom stereocenters. The molecule has 0 aromatic heterocycles. The van der Waals surface area contributed by atoms with E-state index in [9.17, 15) is 0 Å². The Morgan fingerprint density at radius 1 is 1.00 bits per heavy atom. The van der Waals surface area contributed by atoms with Crippen LogP contribution in [0.25, 0.3) is 0 Å². The van der Waals surface area contributed by atoms with Crippen LogP contribution in [0, 0.1) is 0 Å². The van der Waals surface area contributed by atoms with Crippen molar-refractivity contribution < 1.29 is 0 Å². The van der Waals surface area contributed by atoms with Crippen molar-refractivity contribution >= 4 is 12.4 Å². The molecule has 0 unspecified atom stereocenters. The lowest BCUT2D eigenvalue weighted by Gasteiger charge is -1.87. The van der Waals surface area contributed by atoms with Crippen LogP contribution in [0.4, 0.5) is 0 Å². The molecule has 0 aliphatic carbocycles. The normalized spacial score (nSPS) is 11.8. The van der Waals surface area contributed by atoms with Gasteiger partial charge in [-0.1, -0.05) is 0 Å². The Balaban J connectivity index is 2.91. The maximum absolute atomic E-state index is 4.04. The second kappa shape index (κ2) is 7.34. The summed E-state index contributed by atoms with van der Waals surface area (Å²) in [6.45, 7) is 5.69. The fourth-order valence-corrected chi connectivity index (χ4v) is 0.511. The Morgan fingerprint density at radius 3 is 1.78 bits per heavy atom. The van der Waals surface area contributed by atoms with Gasteiger partial charge in [-0.05, 0) is 32.7 Å². The van der Waals surface area contributed by atoms with E-state index in [1.165, 1.54) is 0 Å². The molecular formula is C7H14N2. The van der Waals surface area contributed by atoms with Gasteiger partial charge >= 0.3 is 0 Å². The molecule has 0 rings (SSSR count). The minimum atomic E-state index is 0.911. The molecule has 0 bridgehead atoms. The average Bonchev–Trinajstić information content (AvgIpc) is 1.89. The Kier molecular flexibility index (Phi) is 6.80. The predicted molar refractivity (Wildman–Crippen MR) is 42.7 cm³/mol. The quantitative estimate of drug-likeness (QED) is 0.403. The third kappa shape index (κ3) is 7.34. The standard InChI is InChI=1S/C7H14N2/c1-3-8-6-5-7-9-4-2/h3-4H,5-7H2,1-2H3. The first-order valence-electron chi connectivity index (χ1n) is 3.30. The Bertz CT molecular complexity index is 83.1. The van der Waals surface area contributed by atoms with Crippen LogP contribution in [-0.2, 0) is 0 Å². The largest absolute Gasteiger partial charge is 0.298 e. The maximum atomic E-state index is 4.04. The first-order valence-corrected chi connectivity index (χ1v) is 3.30. The van der Waals surface area contributed by atoms with Gasteiger partial charge in [-0.15, -0.1) is 0 Å². The smallest absolute Gasteiger partial charge is 0.0402 e. The average molecular weight is 126 g/mol. The highest BCUT2D eigenvalue weighted by atomic mass is 14.7. The highest BCUT2D eigenvalue weighted by Crippen LogP contribution is 1.80. The topological polar surface area (TPSA) is 24.7 Å². The molecule has 2 nitrogen and oxygen atoms in total. The van der Waals surface area contributed by atoms with Crippen LogP contribution in [0.2, 0.25) is 0 Å². The highest BCUT2D eigenvalue weighted by Gasteiger charge is 1.77. The molecule has 2 heteroatoms. The van der Waals surface area contributed by atoms with Gasteiger partial charge in [-0.2, -0.15) is 0 Å². The van der Waals surface area contributed by atoms with Crippen LogP contribution in [0.5, 0.6) is 0 Å². The SMILES string of the molecule is CC=NCCCN=CC. The molecule has 0 spiro atoms. The molecular weight excluding hydrogens is 112 g/mol. The summed E-state index contributed by atoms with van der Waals surface area (Å²) < 4.78 is 0.